The summed E-state index contributed by atoms with van der Waals surface area (Å²) in [6, 6.07) is 2.29. The summed E-state index contributed by atoms with van der Waals surface area (Å²) in [5.74, 6) is 1.03. The van der Waals surface area contributed by atoms with Crippen LogP contribution in [0.5, 0.6) is 0 Å². The van der Waals surface area contributed by atoms with Gasteiger partial charge in [-0.1, -0.05) is 0 Å². The fourth-order valence-corrected chi connectivity index (χ4v) is 4.28. The van der Waals surface area contributed by atoms with E-state index in [9.17, 15) is 9.59 Å². The fraction of sp³-hybridized carbons (Fsp3) is 0.812. The Morgan fingerprint density at radius 1 is 1.30 bits per heavy atom. The van der Waals surface area contributed by atoms with Crippen molar-refractivity contribution in [2.24, 2.45) is 11.8 Å². The second-order valence-electron chi connectivity index (χ2n) is 6.82. The maximum Gasteiger partial charge on any atom is 0.409 e. The number of carbonyl (C=O) groups excluding carboxylic acids is 2. The first-order valence-corrected chi connectivity index (χ1v) is 8.37. The van der Waals surface area contributed by atoms with Gasteiger partial charge in [-0.2, -0.15) is 5.26 Å². The number of nitriles is 1. The Hall–Kier alpha value is -1.81. The fourth-order valence-electron chi connectivity index (χ4n) is 4.28. The Morgan fingerprint density at radius 2 is 2.00 bits per heavy atom. The molecule has 23 heavy (non-hydrogen) atoms. The van der Waals surface area contributed by atoms with Crippen LogP contribution >= 0.6 is 0 Å². The van der Waals surface area contributed by atoms with E-state index in [-0.39, 0.29) is 18.0 Å². The standard InChI is InChI=1S/C16H24N4O3/c1-23-16(22)19-9-11-5-13(6-12(11)10-19)18-8-15(21)20-4-2-3-14(20)7-17/h11-14,18H,2-6,8-10H2,1H3/t11-,12+,13-,14?. The van der Waals surface area contributed by atoms with Gasteiger partial charge in [0.2, 0.25) is 5.91 Å². The third kappa shape index (κ3) is 3.27. The summed E-state index contributed by atoms with van der Waals surface area (Å²) >= 11 is 0. The zero-order valence-corrected chi connectivity index (χ0v) is 13.5. The third-order valence-electron chi connectivity index (χ3n) is 5.45. The summed E-state index contributed by atoms with van der Waals surface area (Å²) in [5.41, 5.74) is 0. The molecule has 0 spiro atoms. The number of carbonyl (C=O) groups is 2. The van der Waals surface area contributed by atoms with Gasteiger partial charge in [-0.15, -0.1) is 0 Å². The van der Waals surface area contributed by atoms with E-state index in [1.807, 2.05) is 0 Å². The number of ether oxygens (including phenoxy) is 1. The minimum atomic E-state index is -0.249. The Balaban J connectivity index is 1.43. The number of nitrogens with one attached hydrogen (secondary N) is 1. The molecule has 1 aliphatic carbocycles. The number of nitrogens with zero attached hydrogens (tertiary/aromatic N) is 3. The first-order chi connectivity index (χ1) is 11.1. The number of methoxy groups -OCH3 is 1. The number of hydrogen-bond acceptors (Lipinski definition) is 5. The molecule has 4 atom stereocenters. The zero-order valence-electron chi connectivity index (χ0n) is 13.5. The van der Waals surface area contributed by atoms with Gasteiger partial charge in [-0.3, -0.25) is 4.79 Å². The molecule has 3 rings (SSSR count). The smallest absolute Gasteiger partial charge is 0.409 e. The molecule has 7 nitrogen and oxygen atoms in total. The van der Waals surface area contributed by atoms with Gasteiger partial charge < -0.3 is 19.9 Å². The summed E-state index contributed by atoms with van der Waals surface area (Å²) in [4.78, 5) is 27.3. The lowest BCUT2D eigenvalue weighted by atomic mass is 10.0. The van der Waals surface area contributed by atoms with Gasteiger partial charge in [-0.25, -0.2) is 4.79 Å². The van der Waals surface area contributed by atoms with Crippen LogP contribution < -0.4 is 5.32 Å². The van der Waals surface area contributed by atoms with Crippen LogP contribution in [0.3, 0.4) is 0 Å². The summed E-state index contributed by atoms with van der Waals surface area (Å²) in [7, 11) is 1.42. The Labute approximate surface area is 136 Å². The van der Waals surface area contributed by atoms with Gasteiger partial charge in [0, 0.05) is 25.7 Å². The summed E-state index contributed by atoms with van der Waals surface area (Å²) in [6.45, 7) is 2.52. The molecule has 0 aromatic carbocycles. The van der Waals surface area contributed by atoms with E-state index in [0.29, 0.717) is 31.0 Å². The zero-order chi connectivity index (χ0) is 16.4. The summed E-state index contributed by atoms with van der Waals surface area (Å²) in [5, 5.41) is 12.4. The molecule has 0 bridgehead atoms. The number of rotatable bonds is 3. The maximum absolute atomic E-state index is 12.2. The highest BCUT2D eigenvalue weighted by Crippen LogP contribution is 2.38. The highest BCUT2D eigenvalue weighted by molar-refractivity contribution is 5.79. The van der Waals surface area contributed by atoms with Crippen LogP contribution in [0.4, 0.5) is 4.79 Å². The van der Waals surface area contributed by atoms with Crippen molar-refractivity contribution in [3.8, 4) is 6.07 Å². The number of likely N-dealkylation sites (tertiary alicyclic amines) is 2. The Kier molecular flexibility index (Phi) is 4.71. The van der Waals surface area contributed by atoms with Crippen LogP contribution in [0.15, 0.2) is 0 Å². The molecule has 0 aromatic heterocycles. The van der Waals surface area contributed by atoms with Gasteiger partial charge in [0.15, 0.2) is 0 Å². The largest absolute Gasteiger partial charge is 0.453 e. The molecule has 126 valence electrons. The lowest BCUT2D eigenvalue weighted by Crippen LogP contribution is -2.43. The lowest BCUT2D eigenvalue weighted by Gasteiger charge is -2.22. The van der Waals surface area contributed by atoms with E-state index < -0.39 is 0 Å². The van der Waals surface area contributed by atoms with Crippen LogP contribution in [0.1, 0.15) is 25.7 Å². The predicted octanol–water partition coefficient (Wildman–Crippen LogP) is 0.567. The first kappa shape index (κ1) is 16.1. The van der Waals surface area contributed by atoms with Crippen LogP contribution in [0.2, 0.25) is 0 Å². The first-order valence-electron chi connectivity index (χ1n) is 8.37. The summed E-state index contributed by atoms with van der Waals surface area (Å²) < 4.78 is 4.78. The van der Waals surface area contributed by atoms with E-state index in [4.69, 9.17) is 10.00 Å². The van der Waals surface area contributed by atoms with Crippen molar-refractivity contribution in [2.45, 2.75) is 37.8 Å². The van der Waals surface area contributed by atoms with Gasteiger partial charge in [0.05, 0.1) is 19.7 Å². The predicted molar refractivity (Wildman–Crippen MR) is 82.3 cm³/mol. The maximum atomic E-state index is 12.2. The van der Waals surface area contributed by atoms with Crippen molar-refractivity contribution in [2.75, 3.05) is 33.3 Å². The topological polar surface area (TPSA) is 85.7 Å². The van der Waals surface area contributed by atoms with E-state index in [1.54, 1.807) is 9.80 Å². The molecule has 0 aromatic rings. The minimum Gasteiger partial charge on any atom is -0.453 e. The normalized spacial score (nSPS) is 32.7. The van der Waals surface area contributed by atoms with E-state index in [2.05, 4.69) is 11.4 Å². The summed E-state index contributed by atoms with van der Waals surface area (Å²) in [6.07, 6.45) is 3.45. The quantitative estimate of drug-likeness (QED) is 0.821. The monoisotopic (exact) mass is 320 g/mol. The molecule has 1 N–H and O–H groups in total. The van der Waals surface area contributed by atoms with Crippen LogP contribution in [-0.4, -0.2) is 67.2 Å². The number of amides is 2. The van der Waals surface area contributed by atoms with Crippen molar-refractivity contribution < 1.29 is 14.3 Å². The highest BCUT2D eigenvalue weighted by Gasteiger charge is 2.42. The second-order valence-corrected chi connectivity index (χ2v) is 6.82. The van der Waals surface area contributed by atoms with Crippen LogP contribution in [0, 0.1) is 23.2 Å². The van der Waals surface area contributed by atoms with Crippen molar-refractivity contribution >= 4 is 12.0 Å². The van der Waals surface area contributed by atoms with Gasteiger partial charge in [-0.05, 0) is 37.5 Å². The molecule has 2 heterocycles. The molecule has 7 heteroatoms. The SMILES string of the molecule is COC(=O)N1C[C@H]2C[C@@H](NCC(=O)N3CCCC3C#N)C[C@H]2C1. The second kappa shape index (κ2) is 6.75. The van der Waals surface area contributed by atoms with Gasteiger partial charge in [0.25, 0.3) is 0 Å². The molecule has 2 saturated heterocycles. The Morgan fingerprint density at radius 3 is 2.61 bits per heavy atom. The molecular formula is C16H24N4O3. The van der Waals surface area contributed by atoms with Crippen molar-refractivity contribution in [1.82, 2.24) is 15.1 Å². The molecule has 1 saturated carbocycles. The van der Waals surface area contributed by atoms with E-state index >= 15 is 0 Å². The highest BCUT2D eigenvalue weighted by atomic mass is 16.5. The average Bonchev–Trinajstić information content (AvgIpc) is 3.24. The van der Waals surface area contributed by atoms with Gasteiger partial charge >= 0.3 is 6.09 Å². The van der Waals surface area contributed by atoms with Crippen molar-refractivity contribution in [1.29, 1.82) is 5.26 Å². The molecule has 3 fully saturated rings. The lowest BCUT2D eigenvalue weighted by molar-refractivity contribution is -0.130. The number of hydrogen-bond donors (Lipinski definition) is 1. The molecule has 2 aliphatic heterocycles. The van der Waals surface area contributed by atoms with Crippen molar-refractivity contribution in [3.63, 3.8) is 0 Å². The molecule has 0 radical (unpaired) electrons. The molecule has 2 amide bonds. The molecular weight excluding hydrogens is 296 g/mol. The average molecular weight is 320 g/mol. The van der Waals surface area contributed by atoms with Crippen molar-refractivity contribution in [3.05, 3.63) is 0 Å². The number of fused-ring (bicyclic) bond motifs is 1. The third-order valence-corrected chi connectivity index (χ3v) is 5.45. The Bertz CT molecular complexity index is 504. The molecule has 1 unspecified atom stereocenters. The van der Waals surface area contributed by atoms with E-state index in [0.717, 1.165) is 38.8 Å². The molecule has 3 aliphatic rings. The van der Waals surface area contributed by atoms with Crippen LogP contribution in [0.25, 0.3) is 0 Å². The van der Waals surface area contributed by atoms with Gasteiger partial charge in [0.1, 0.15) is 6.04 Å². The van der Waals surface area contributed by atoms with Crippen LogP contribution in [-0.2, 0) is 9.53 Å². The minimum absolute atomic E-state index is 0.0299. The van der Waals surface area contributed by atoms with E-state index in [1.165, 1.54) is 7.11 Å².